The highest BCUT2D eigenvalue weighted by Crippen LogP contribution is 2.30. The molecule has 3 heteroatoms. The van der Waals surface area contributed by atoms with Gasteiger partial charge in [0, 0.05) is 12.6 Å². The molecule has 0 aromatic heterocycles. The monoisotopic (exact) mass is 289 g/mol. The Labute approximate surface area is 127 Å². The van der Waals surface area contributed by atoms with Crippen molar-refractivity contribution in [2.75, 3.05) is 13.2 Å². The predicted molar refractivity (Wildman–Crippen MR) is 84.3 cm³/mol. The molecule has 21 heavy (non-hydrogen) atoms. The number of rotatable bonds is 6. The molecule has 1 fully saturated rings. The fourth-order valence-electron chi connectivity index (χ4n) is 3.59. The lowest BCUT2D eigenvalue weighted by molar-refractivity contribution is -0.0236. The van der Waals surface area contributed by atoms with E-state index in [0.29, 0.717) is 25.3 Å². The summed E-state index contributed by atoms with van der Waals surface area (Å²) in [6.07, 6.45) is 8.46. The van der Waals surface area contributed by atoms with Crippen LogP contribution in [0.1, 0.15) is 55.7 Å². The molecule has 1 aromatic rings. The summed E-state index contributed by atoms with van der Waals surface area (Å²) >= 11 is 0. The summed E-state index contributed by atoms with van der Waals surface area (Å²) in [4.78, 5) is 0. The highest BCUT2D eigenvalue weighted by molar-refractivity contribution is 5.34. The van der Waals surface area contributed by atoms with E-state index in [1.165, 1.54) is 30.4 Å². The Kier molecular flexibility index (Phi) is 5.28. The van der Waals surface area contributed by atoms with Crippen LogP contribution in [0.3, 0.4) is 0 Å². The first-order valence-electron chi connectivity index (χ1n) is 8.44. The maximum atomic E-state index is 10.1. The van der Waals surface area contributed by atoms with Crippen LogP contribution in [0.2, 0.25) is 0 Å². The molecule has 0 aliphatic heterocycles. The molecule has 0 bridgehead atoms. The second-order valence-electron chi connectivity index (χ2n) is 6.45. The minimum absolute atomic E-state index is 0.376. The van der Waals surface area contributed by atoms with E-state index >= 15 is 0 Å². The number of aryl methyl sites for hydroxylation is 1. The van der Waals surface area contributed by atoms with Gasteiger partial charge in [0.1, 0.15) is 0 Å². The molecule has 0 radical (unpaired) electrons. The normalized spacial score (nSPS) is 24.0. The first-order chi connectivity index (χ1) is 10.3. The highest BCUT2D eigenvalue weighted by atomic mass is 16.5. The van der Waals surface area contributed by atoms with Crippen molar-refractivity contribution in [2.24, 2.45) is 0 Å². The van der Waals surface area contributed by atoms with Crippen molar-refractivity contribution < 1.29 is 9.84 Å². The largest absolute Gasteiger partial charge is 0.389 e. The Morgan fingerprint density at radius 2 is 1.95 bits per heavy atom. The minimum atomic E-state index is -0.403. The Hall–Kier alpha value is -0.900. The molecule has 0 amide bonds. The van der Waals surface area contributed by atoms with Gasteiger partial charge in [0.15, 0.2) is 0 Å². The molecule has 0 saturated heterocycles. The van der Waals surface area contributed by atoms with Crippen LogP contribution < -0.4 is 5.32 Å². The first-order valence-corrected chi connectivity index (χ1v) is 8.44. The number of benzene rings is 1. The number of aliphatic hydroxyl groups excluding tert-OH is 1. The van der Waals surface area contributed by atoms with Crippen molar-refractivity contribution in [3.05, 3.63) is 35.4 Å². The van der Waals surface area contributed by atoms with Crippen molar-refractivity contribution in [2.45, 2.75) is 63.2 Å². The van der Waals surface area contributed by atoms with Crippen LogP contribution in [0.25, 0.3) is 0 Å². The van der Waals surface area contributed by atoms with E-state index in [4.69, 9.17) is 4.74 Å². The number of nitrogens with one attached hydrogen (secondary N) is 1. The molecule has 2 aliphatic rings. The number of hydrogen-bond acceptors (Lipinski definition) is 3. The van der Waals surface area contributed by atoms with E-state index in [2.05, 4.69) is 29.6 Å². The molecule has 3 nitrogen and oxygen atoms in total. The summed E-state index contributed by atoms with van der Waals surface area (Å²) < 4.78 is 5.84. The van der Waals surface area contributed by atoms with Crippen LogP contribution >= 0.6 is 0 Å². The minimum Gasteiger partial charge on any atom is -0.389 e. The Morgan fingerprint density at radius 3 is 2.81 bits per heavy atom. The van der Waals surface area contributed by atoms with Gasteiger partial charge >= 0.3 is 0 Å². The number of ether oxygens (including phenoxy) is 1. The predicted octanol–water partition coefficient (Wildman–Crippen LogP) is 2.97. The quantitative estimate of drug-likeness (QED) is 0.846. The second kappa shape index (κ2) is 7.39. The molecule has 1 aromatic carbocycles. The molecular formula is C18H27NO2. The van der Waals surface area contributed by atoms with E-state index < -0.39 is 6.10 Å². The molecule has 2 aliphatic carbocycles. The summed E-state index contributed by atoms with van der Waals surface area (Å²) in [5.74, 6) is 0. The van der Waals surface area contributed by atoms with Crippen molar-refractivity contribution >= 4 is 0 Å². The standard InChI is InChI=1S/C18H27NO2/c20-15(13-21-16-7-2-1-3-8-16)12-19-18-11-10-14-6-4-5-9-17(14)18/h4-6,9,15-16,18-20H,1-3,7-8,10-13H2. The molecule has 3 rings (SSSR count). The van der Waals surface area contributed by atoms with E-state index in [1.54, 1.807) is 0 Å². The Morgan fingerprint density at radius 1 is 1.14 bits per heavy atom. The van der Waals surface area contributed by atoms with Crippen LogP contribution in [-0.2, 0) is 11.2 Å². The summed E-state index contributed by atoms with van der Waals surface area (Å²) in [6.45, 7) is 1.08. The van der Waals surface area contributed by atoms with Crippen molar-refractivity contribution in [1.82, 2.24) is 5.32 Å². The van der Waals surface area contributed by atoms with E-state index in [0.717, 1.165) is 25.7 Å². The van der Waals surface area contributed by atoms with Gasteiger partial charge in [-0.05, 0) is 36.8 Å². The van der Waals surface area contributed by atoms with Crippen LogP contribution in [0, 0.1) is 0 Å². The zero-order valence-corrected chi connectivity index (χ0v) is 12.8. The van der Waals surface area contributed by atoms with Crippen molar-refractivity contribution in [3.8, 4) is 0 Å². The maximum absolute atomic E-state index is 10.1. The zero-order valence-electron chi connectivity index (χ0n) is 12.8. The highest BCUT2D eigenvalue weighted by Gasteiger charge is 2.22. The zero-order chi connectivity index (χ0) is 14.5. The third-order valence-electron chi connectivity index (χ3n) is 4.81. The number of hydrogen-bond donors (Lipinski definition) is 2. The molecule has 0 heterocycles. The average molecular weight is 289 g/mol. The van der Waals surface area contributed by atoms with Crippen LogP contribution in [-0.4, -0.2) is 30.5 Å². The summed E-state index contributed by atoms with van der Waals surface area (Å²) in [5, 5.41) is 13.6. The van der Waals surface area contributed by atoms with Crippen LogP contribution in [0.4, 0.5) is 0 Å². The van der Waals surface area contributed by atoms with Gasteiger partial charge < -0.3 is 15.2 Å². The Balaban J connectivity index is 1.39. The molecule has 2 unspecified atom stereocenters. The van der Waals surface area contributed by atoms with Gasteiger partial charge in [0.25, 0.3) is 0 Å². The smallest absolute Gasteiger partial charge is 0.0898 e. The fourth-order valence-corrected chi connectivity index (χ4v) is 3.59. The molecular weight excluding hydrogens is 262 g/mol. The van der Waals surface area contributed by atoms with Crippen LogP contribution in [0.5, 0.6) is 0 Å². The topological polar surface area (TPSA) is 41.5 Å². The third-order valence-corrected chi connectivity index (χ3v) is 4.81. The lowest BCUT2D eigenvalue weighted by Crippen LogP contribution is -2.34. The average Bonchev–Trinajstić information content (AvgIpc) is 2.95. The van der Waals surface area contributed by atoms with Crippen LogP contribution in [0.15, 0.2) is 24.3 Å². The van der Waals surface area contributed by atoms with Gasteiger partial charge in [-0.3, -0.25) is 0 Å². The fraction of sp³-hybridized carbons (Fsp3) is 0.667. The maximum Gasteiger partial charge on any atom is 0.0898 e. The lowest BCUT2D eigenvalue weighted by Gasteiger charge is -2.24. The van der Waals surface area contributed by atoms with Gasteiger partial charge in [0.2, 0.25) is 0 Å². The van der Waals surface area contributed by atoms with Gasteiger partial charge in [-0.1, -0.05) is 43.5 Å². The molecule has 1 saturated carbocycles. The molecule has 2 N–H and O–H groups in total. The van der Waals surface area contributed by atoms with E-state index in [-0.39, 0.29) is 0 Å². The molecule has 116 valence electrons. The van der Waals surface area contributed by atoms with Gasteiger partial charge in [0.05, 0.1) is 18.8 Å². The SMILES string of the molecule is OC(CNC1CCc2ccccc21)COC1CCCCC1. The van der Waals surface area contributed by atoms with E-state index in [1.807, 2.05) is 0 Å². The molecule has 2 atom stereocenters. The summed E-state index contributed by atoms with van der Waals surface area (Å²) in [7, 11) is 0. The number of aliphatic hydroxyl groups is 1. The van der Waals surface area contributed by atoms with Gasteiger partial charge in [-0.15, -0.1) is 0 Å². The van der Waals surface area contributed by atoms with E-state index in [9.17, 15) is 5.11 Å². The number of fused-ring (bicyclic) bond motifs is 1. The Bertz CT molecular complexity index is 443. The van der Waals surface area contributed by atoms with Gasteiger partial charge in [-0.2, -0.15) is 0 Å². The lowest BCUT2D eigenvalue weighted by atomic mass is 9.98. The first kappa shape index (κ1) is 15.0. The van der Waals surface area contributed by atoms with Crippen molar-refractivity contribution in [3.63, 3.8) is 0 Å². The van der Waals surface area contributed by atoms with Gasteiger partial charge in [-0.25, -0.2) is 0 Å². The third kappa shape index (κ3) is 4.06. The second-order valence-corrected chi connectivity index (χ2v) is 6.45. The molecule has 0 spiro atoms. The summed E-state index contributed by atoms with van der Waals surface area (Å²) in [5.41, 5.74) is 2.85. The van der Waals surface area contributed by atoms with Crippen molar-refractivity contribution in [1.29, 1.82) is 0 Å². The summed E-state index contributed by atoms with van der Waals surface area (Å²) in [6, 6.07) is 9.01.